The predicted octanol–water partition coefficient (Wildman–Crippen LogP) is 3.56. The lowest BCUT2D eigenvalue weighted by molar-refractivity contribution is 0.397. The van der Waals surface area contributed by atoms with Crippen molar-refractivity contribution >= 4 is 24.9 Å². The van der Waals surface area contributed by atoms with Crippen LogP contribution in [0.4, 0.5) is 0 Å². The van der Waals surface area contributed by atoms with E-state index in [-0.39, 0.29) is 0 Å². The largest absolute Gasteiger partial charge is 0.481 e. The number of pyridine rings is 1. The average Bonchev–Trinajstić information content (AvgIpc) is 2.64. The first-order valence-electron chi connectivity index (χ1n) is 7.31. The molecular weight excluding hydrogens is 303 g/mol. The first-order valence-corrected chi connectivity index (χ1v) is 8.61. The molecule has 0 fully saturated rings. The summed E-state index contributed by atoms with van der Waals surface area (Å²) in [6.07, 6.45) is 3.57. The fourth-order valence-electron chi connectivity index (χ4n) is 2.21. The third kappa shape index (κ3) is 3.82. The van der Waals surface area contributed by atoms with E-state index in [0.717, 1.165) is 5.56 Å². The van der Waals surface area contributed by atoms with Gasteiger partial charge in [-0.05, 0) is 12.1 Å². The van der Waals surface area contributed by atoms with E-state index in [1.54, 1.807) is 13.3 Å². The molecule has 0 amide bonds. The van der Waals surface area contributed by atoms with Crippen molar-refractivity contribution in [1.82, 2.24) is 4.98 Å². The van der Waals surface area contributed by atoms with Crippen LogP contribution < -0.4 is 15.3 Å². The van der Waals surface area contributed by atoms with Gasteiger partial charge in [0, 0.05) is 23.0 Å². The number of hydrogen-bond acceptors (Lipinski definition) is 3. The minimum Gasteiger partial charge on any atom is -0.481 e. The van der Waals surface area contributed by atoms with Crippen molar-refractivity contribution < 1.29 is 4.74 Å². The van der Waals surface area contributed by atoms with Gasteiger partial charge in [0.25, 0.3) is 0 Å². The maximum Gasteiger partial charge on any atom is 0.221 e. The molecule has 0 radical (unpaired) electrons. The summed E-state index contributed by atoms with van der Waals surface area (Å²) >= 11 is 0. The van der Waals surface area contributed by atoms with Gasteiger partial charge in [0.05, 0.1) is 20.7 Å². The topological polar surface area (TPSA) is 34.5 Å². The van der Waals surface area contributed by atoms with E-state index >= 15 is 0 Å². The van der Waals surface area contributed by atoms with Crippen molar-refractivity contribution in [2.24, 2.45) is 4.76 Å². The van der Waals surface area contributed by atoms with Gasteiger partial charge in [-0.2, -0.15) is 0 Å². The van der Waals surface area contributed by atoms with E-state index in [1.165, 1.54) is 10.6 Å². The van der Waals surface area contributed by atoms with Crippen LogP contribution in [0.2, 0.25) is 0 Å². The van der Waals surface area contributed by atoms with Crippen LogP contribution in [-0.4, -0.2) is 18.3 Å². The molecule has 3 aromatic rings. The highest BCUT2D eigenvalue weighted by molar-refractivity contribution is 7.71. The van der Waals surface area contributed by atoms with E-state index in [2.05, 4.69) is 29.2 Å². The molecule has 0 aliphatic rings. The van der Waals surface area contributed by atoms with Crippen molar-refractivity contribution in [1.29, 1.82) is 0 Å². The lowest BCUT2D eigenvalue weighted by Gasteiger charge is -2.13. The molecule has 0 aliphatic heterocycles. The second kappa shape index (κ2) is 7.66. The molecule has 1 heterocycles. The van der Waals surface area contributed by atoms with Crippen LogP contribution in [0.3, 0.4) is 0 Å². The monoisotopic (exact) mass is 320 g/mol. The third-order valence-electron chi connectivity index (χ3n) is 3.31. The molecule has 23 heavy (non-hydrogen) atoms. The summed E-state index contributed by atoms with van der Waals surface area (Å²) in [4.78, 5) is 4.21. The molecule has 0 saturated carbocycles. The Morgan fingerprint density at radius 2 is 1.48 bits per heavy atom. The molecule has 0 bridgehead atoms. The van der Waals surface area contributed by atoms with Gasteiger partial charge >= 0.3 is 0 Å². The summed E-state index contributed by atoms with van der Waals surface area (Å²) in [5.74, 6) is 0.590. The molecule has 114 valence electrons. The van der Waals surface area contributed by atoms with Crippen LogP contribution in [0.1, 0.15) is 5.56 Å². The van der Waals surface area contributed by atoms with E-state index in [1.807, 2.05) is 54.7 Å². The molecule has 0 N–H and O–H groups in total. The molecule has 0 saturated heterocycles. The van der Waals surface area contributed by atoms with Gasteiger partial charge in [-0.15, -0.1) is 0 Å². The molecule has 3 rings (SSSR count). The first kappa shape index (κ1) is 15.4. The van der Waals surface area contributed by atoms with Crippen molar-refractivity contribution in [2.75, 3.05) is 7.11 Å². The summed E-state index contributed by atoms with van der Waals surface area (Å²) in [5, 5.41) is 2.43. The maximum atomic E-state index is 5.29. The predicted molar refractivity (Wildman–Crippen MR) is 97.5 cm³/mol. The minimum atomic E-state index is -0.806. The van der Waals surface area contributed by atoms with E-state index in [0.29, 0.717) is 5.88 Å². The number of methoxy groups -OCH3 is 1. The molecule has 2 aromatic carbocycles. The van der Waals surface area contributed by atoms with Crippen LogP contribution in [0.25, 0.3) is 0 Å². The zero-order valence-corrected chi connectivity index (χ0v) is 13.7. The summed E-state index contributed by atoms with van der Waals surface area (Å²) in [6.45, 7) is 0. The summed E-state index contributed by atoms with van der Waals surface area (Å²) in [7, 11) is 0.816. The smallest absolute Gasteiger partial charge is 0.221 e. The molecule has 0 aliphatic carbocycles. The molecule has 3 nitrogen and oxygen atoms in total. The van der Waals surface area contributed by atoms with Crippen LogP contribution in [-0.2, 0) is 0 Å². The van der Waals surface area contributed by atoms with Crippen LogP contribution >= 0.6 is 8.07 Å². The number of benzene rings is 2. The zero-order valence-electron chi connectivity index (χ0n) is 12.8. The maximum absolute atomic E-state index is 5.29. The average molecular weight is 320 g/mol. The second-order valence-corrected chi connectivity index (χ2v) is 6.72. The number of ether oxygens (including phenoxy) is 1. The van der Waals surface area contributed by atoms with Gasteiger partial charge in [-0.3, -0.25) is 4.76 Å². The highest BCUT2D eigenvalue weighted by Gasteiger charge is 2.12. The fraction of sp³-hybridized carbons (Fsp3) is 0.0526. The highest BCUT2D eigenvalue weighted by atomic mass is 31.1. The Morgan fingerprint density at radius 3 is 2.04 bits per heavy atom. The first-order chi connectivity index (χ1) is 11.4. The van der Waals surface area contributed by atoms with E-state index < -0.39 is 8.07 Å². The minimum absolute atomic E-state index is 0.590. The molecule has 0 spiro atoms. The number of aromatic nitrogens is 1. The van der Waals surface area contributed by atoms with Gasteiger partial charge < -0.3 is 4.74 Å². The Bertz CT molecular complexity index is 736. The lowest BCUT2D eigenvalue weighted by atomic mass is 10.3. The molecule has 0 unspecified atom stereocenters. The highest BCUT2D eigenvalue weighted by Crippen LogP contribution is 2.35. The third-order valence-corrected chi connectivity index (χ3v) is 5.23. The van der Waals surface area contributed by atoms with Gasteiger partial charge in [-0.1, -0.05) is 60.7 Å². The summed E-state index contributed by atoms with van der Waals surface area (Å²) in [5.41, 5.74) is 0.884. The molecule has 0 atom stereocenters. The Balaban J connectivity index is 1.98. The SMILES string of the molecule is COc1ncccc1/C=N/P(c1ccccc1)c1ccccc1. The van der Waals surface area contributed by atoms with Crippen molar-refractivity contribution in [3.05, 3.63) is 84.6 Å². The summed E-state index contributed by atoms with van der Waals surface area (Å²) in [6, 6.07) is 24.6. The summed E-state index contributed by atoms with van der Waals surface area (Å²) < 4.78 is 10.2. The Kier molecular flexibility index (Phi) is 5.13. The van der Waals surface area contributed by atoms with Crippen LogP contribution in [0.15, 0.2) is 83.8 Å². The number of hydrogen-bond donors (Lipinski definition) is 0. The fourth-order valence-corrected chi connectivity index (χ4v) is 3.93. The van der Waals surface area contributed by atoms with Crippen LogP contribution in [0, 0.1) is 0 Å². The van der Waals surface area contributed by atoms with Gasteiger partial charge in [0.1, 0.15) is 0 Å². The number of rotatable bonds is 5. The quantitative estimate of drug-likeness (QED) is 0.532. The lowest BCUT2D eigenvalue weighted by Crippen LogP contribution is -2.09. The van der Waals surface area contributed by atoms with Crippen molar-refractivity contribution in [2.45, 2.75) is 0 Å². The van der Waals surface area contributed by atoms with Gasteiger partial charge in [-0.25, -0.2) is 4.98 Å². The van der Waals surface area contributed by atoms with Gasteiger partial charge in [0.2, 0.25) is 5.88 Å². The molecule has 4 heteroatoms. The normalized spacial score (nSPS) is 11.0. The number of nitrogens with zero attached hydrogens (tertiary/aromatic N) is 2. The molecular formula is C19H17N2OP. The Labute approximate surface area is 137 Å². The Morgan fingerprint density at radius 1 is 0.870 bits per heavy atom. The van der Waals surface area contributed by atoms with Crippen molar-refractivity contribution in [3.63, 3.8) is 0 Å². The second-order valence-electron chi connectivity index (χ2n) is 4.83. The zero-order chi connectivity index (χ0) is 15.9. The standard InChI is InChI=1S/C19H17N2OP/c1-22-19-16(9-8-14-20-19)15-21-23(17-10-4-2-5-11-17)18-12-6-3-7-13-18/h2-15H,1H3/b21-15+. The Hall–Kier alpha value is -2.51. The molecule has 1 aromatic heterocycles. The van der Waals surface area contributed by atoms with Crippen molar-refractivity contribution in [3.8, 4) is 5.88 Å². The van der Waals surface area contributed by atoms with E-state index in [4.69, 9.17) is 9.50 Å². The van der Waals surface area contributed by atoms with Gasteiger partial charge in [0.15, 0.2) is 0 Å². The van der Waals surface area contributed by atoms with Crippen LogP contribution in [0.5, 0.6) is 5.88 Å². The van der Waals surface area contributed by atoms with E-state index in [9.17, 15) is 0 Å².